The molecule has 1 amide bonds. The number of ether oxygens (including phenoxy) is 1. The summed E-state index contributed by atoms with van der Waals surface area (Å²) in [6, 6.07) is 8.00. The van der Waals surface area contributed by atoms with E-state index in [1.165, 1.54) is 28.7 Å². The minimum atomic E-state index is -0.244. The predicted molar refractivity (Wildman–Crippen MR) is 109 cm³/mol. The molecule has 0 atom stereocenters. The largest absolute Gasteiger partial charge is 0.484 e. The van der Waals surface area contributed by atoms with Crippen LogP contribution >= 0.6 is 23.1 Å². The Bertz CT molecular complexity index is 734. The molecule has 26 heavy (non-hydrogen) atoms. The number of aromatic nitrogens is 2. The molecule has 2 aromatic rings. The number of amides is 1. The highest BCUT2D eigenvalue weighted by Crippen LogP contribution is 2.36. The normalized spacial score (nSPS) is 12.1. The van der Waals surface area contributed by atoms with Crippen molar-refractivity contribution in [3.8, 4) is 5.75 Å². The fourth-order valence-corrected chi connectivity index (χ4v) is 4.26. The van der Waals surface area contributed by atoms with Crippen LogP contribution in [0, 0.1) is 5.41 Å². The summed E-state index contributed by atoms with van der Waals surface area (Å²) in [6.07, 6.45) is 3.00. The Morgan fingerprint density at radius 1 is 1.15 bits per heavy atom. The molecule has 5 nitrogen and oxygen atoms in total. The summed E-state index contributed by atoms with van der Waals surface area (Å²) in [5.41, 5.74) is 1.61. The molecular weight excluding hydrogens is 366 g/mol. The second-order valence-electron chi connectivity index (χ2n) is 8.06. The molecule has 2 rings (SSSR count). The molecule has 142 valence electrons. The smallest absolute Gasteiger partial charge is 0.264 e. The number of hydrogen-bond acceptors (Lipinski definition) is 6. The van der Waals surface area contributed by atoms with Crippen molar-refractivity contribution in [3.05, 3.63) is 29.8 Å². The van der Waals surface area contributed by atoms with Crippen LogP contribution in [-0.4, -0.2) is 29.0 Å². The first-order valence-corrected chi connectivity index (χ1v) is 10.5. The van der Waals surface area contributed by atoms with Gasteiger partial charge in [0.15, 0.2) is 10.9 Å². The first kappa shape index (κ1) is 20.7. The lowest BCUT2D eigenvalue weighted by atomic mass is 9.72. The maximum atomic E-state index is 12.0. The Morgan fingerprint density at radius 2 is 1.81 bits per heavy atom. The summed E-state index contributed by atoms with van der Waals surface area (Å²) in [4.78, 5) is 12.0. The van der Waals surface area contributed by atoms with Crippen molar-refractivity contribution in [3.63, 3.8) is 0 Å². The van der Waals surface area contributed by atoms with Crippen molar-refractivity contribution in [2.45, 2.75) is 50.8 Å². The maximum Gasteiger partial charge on any atom is 0.264 e. The lowest BCUT2D eigenvalue weighted by molar-refractivity contribution is -0.118. The van der Waals surface area contributed by atoms with Gasteiger partial charge in [0.05, 0.1) is 0 Å². The van der Waals surface area contributed by atoms with Crippen LogP contribution in [0.3, 0.4) is 0 Å². The van der Waals surface area contributed by atoms with E-state index in [1.807, 2.05) is 18.4 Å². The van der Waals surface area contributed by atoms with E-state index < -0.39 is 0 Å². The first-order valence-electron chi connectivity index (χ1n) is 8.50. The number of benzene rings is 1. The van der Waals surface area contributed by atoms with Gasteiger partial charge < -0.3 is 4.74 Å². The molecular formula is C19H27N3O2S2. The first-order chi connectivity index (χ1) is 12.1. The van der Waals surface area contributed by atoms with Crippen molar-refractivity contribution in [1.29, 1.82) is 0 Å². The van der Waals surface area contributed by atoms with E-state index in [1.54, 1.807) is 0 Å². The van der Waals surface area contributed by atoms with E-state index in [-0.39, 0.29) is 23.3 Å². The number of carbonyl (C=O) groups is 1. The summed E-state index contributed by atoms with van der Waals surface area (Å²) in [5, 5.41) is 11.0. The number of thioether (sulfide) groups is 1. The number of nitrogens with zero attached hydrogens (tertiary/aromatic N) is 2. The lowest BCUT2D eigenvalue weighted by Gasteiger charge is -2.33. The Morgan fingerprint density at radius 3 is 2.35 bits per heavy atom. The zero-order chi connectivity index (χ0) is 19.4. The van der Waals surface area contributed by atoms with Gasteiger partial charge in [-0.25, -0.2) is 0 Å². The van der Waals surface area contributed by atoms with Crippen LogP contribution < -0.4 is 10.1 Å². The molecule has 0 bridgehead atoms. The molecule has 0 saturated heterocycles. The van der Waals surface area contributed by atoms with E-state index in [0.29, 0.717) is 10.9 Å². The third kappa shape index (κ3) is 6.29. The molecule has 0 spiro atoms. The van der Waals surface area contributed by atoms with Crippen LogP contribution in [0.2, 0.25) is 0 Å². The van der Waals surface area contributed by atoms with Crippen molar-refractivity contribution >= 4 is 34.1 Å². The van der Waals surface area contributed by atoms with Gasteiger partial charge in [0.25, 0.3) is 5.91 Å². The van der Waals surface area contributed by atoms with E-state index in [4.69, 9.17) is 4.74 Å². The van der Waals surface area contributed by atoms with Crippen LogP contribution in [0.15, 0.2) is 28.6 Å². The van der Waals surface area contributed by atoms with E-state index in [9.17, 15) is 4.79 Å². The molecule has 0 aliphatic rings. The zero-order valence-corrected chi connectivity index (χ0v) is 17.9. The minimum absolute atomic E-state index is 0.0566. The summed E-state index contributed by atoms with van der Waals surface area (Å²) in [6.45, 7) is 11.2. The minimum Gasteiger partial charge on any atom is -0.484 e. The van der Waals surface area contributed by atoms with Crippen LogP contribution in [0.1, 0.15) is 46.6 Å². The van der Waals surface area contributed by atoms with E-state index in [2.05, 4.69) is 62.3 Å². The Hall–Kier alpha value is -1.60. The molecule has 0 fully saturated rings. The Kier molecular flexibility index (Phi) is 6.69. The van der Waals surface area contributed by atoms with Crippen LogP contribution in [0.5, 0.6) is 5.75 Å². The van der Waals surface area contributed by atoms with Crippen molar-refractivity contribution in [2.75, 3.05) is 18.2 Å². The predicted octanol–water partition coefficient (Wildman–Crippen LogP) is 4.99. The highest BCUT2D eigenvalue weighted by atomic mass is 32.2. The molecule has 1 N–H and O–H groups in total. The van der Waals surface area contributed by atoms with Gasteiger partial charge in [-0.2, -0.15) is 0 Å². The molecule has 7 heteroatoms. The molecule has 0 aliphatic carbocycles. The number of hydrogen-bond donors (Lipinski definition) is 1. The molecule has 0 saturated carbocycles. The van der Waals surface area contributed by atoms with Crippen molar-refractivity contribution < 1.29 is 9.53 Å². The van der Waals surface area contributed by atoms with Crippen molar-refractivity contribution in [2.24, 2.45) is 5.41 Å². The highest BCUT2D eigenvalue weighted by molar-refractivity contribution is 8.00. The van der Waals surface area contributed by atoms with Gasteiger partial charge in [-0.15, -0.1) is 10.2 Å². The molecule has 0 radical (unpaired) electrons. The number of anilines is 1. The summed E-state index contributed by atoms with van der Waals surface area (Å²) < 4.78 is 6.40. The van der Waals surface area contributed by atoms with Crippen LogP contribution in [0.4, 0.5) is 5.13 Å². The zero-order valence-electron chi connectivity index (χ0n) is 16.3. The van der Waals surface area contributed by atoms with E-state index in [0.717, 1.165) is 10.8 Å². The van der Waals surface area contributed by atoms with Crippen LogP contribution in [-0.2, 0) is 10.2 Å². The lowest BCUT2D eigenvalue weighted by Crippen LogP contribution is -2.24. The highest BCUT2D eigenvalue weighted by Gasteiger charge is 2.27. The topological polar surface area (TPSA) is 64.1 Å². The van der Waals surface area contributed by atoms with Crippen molar-refractivity contribution in [1.82, 2.24) is 10.2 Å². The molecule has 0 aliphatic heterocycles. The molecule has 1 heterocycles. The Labute approximate surface area is 163 Å². The van der Waals surface area contributed by atoms with Gasteiger partial charge in [-0.05, 0) is 41.2 Å². The Balaban J connectivity index is 1.89. The number of carbonyl (C=O) groups excluding carboxylic acids is 1. The molecule has 0 unspecified atom stereocenters. The third-order valence-corrected chi connectivity index (χ3v) is 5.62. The second-order valence-corrected chi connectivity index (χ2v) is 10.1. The molecule has 1 aromatic heterocycles. The third-order valence-electron chi connectivity index (χ3n) is 3.81. The summed E-state index contributed by atoms with van der Waals surface area (Å²) in [7, 11) is 0. The van der Waals surface area contributed by atoms with Gasteiger partial charge in [0.1, 0.15) is 5.75 Å². The average Bonchev–Trinajstić information content (AvgIpc) is 2.98. The van der Waals surface area contributed by atoms with Gasteiger partial charge in [-0.3, -0.25) is 10.1 Å². The van der Waals surface area contributed by atoms with Gasteiger partial charge in [0, 0.05) is 0 Å². The maximum absolute atomic E-state index is 12.0. The number of rotatable bonds is 7. The average molecular weight is 394 g/mol. The van der Waals surface area contributed by atoms with Gasteiger partial charge in [-0.1, -0.05) is 69.9 Å². The van der Waals surface area contributed by atoms with E-state index >= 15 is 0 Å². The quantitative estimate of drug-likeness (QED) is 0.530. The standard InChI is InChI=1S/C19H27N3O2S2/c1-18(2,3)12-19(4,5)13-7-9-14(10-8-13)24-11-15(23)20-16-21-22-17(25-6)26-16/h7-10H,11-12H2,1-6H3,(H,20,21,23). The second kappa shape index (κ2) is 8.39. The summed E-state index contributed by atoms with van der Waals surface area (Å²) in [5.74, 6) is 0.434. The van der Waals surface area contributed by atoms with Gasteiger partial charge in [0.2, 0.25) is 5.13 Å². The fraction of sp³-hybridized carbons (Fsp3) is 0.526. The monoisotopic (exact) mass is 393 g/mol. The molecule has 1 aromatic carbocycles. The number of nitrogens with one attached hydrogen (secondary N) is 1. The fourth-order valence-electron chi connectivity index (χ4n) is 3.08. The summed E-state index contributed by atoms with van der Waals surface area (Å²) >= 11 is 2.84. The SMILES string of the molecule is CSc1nnc(NC(=O)COc2ccc(C(C)(C)CC(C)(C)C)cc2)s1. The van der Waals surface area contributed by atoms with Gasteiger partial charge >= 0.3 is 0 Å². The van der Waals surface area contributed by atoms with Crippen LogP contribution in [0.25, 0.3) is 0 Å².